The van der Waals surface area contributed by atoms with Gasteiger partial charge in [-0.3, -0.25) is 9.59 Å². The van der Waals surface area contributed by atoms with E-state index in [1.807, 2.05) is 30.3 Å². The van der Waals surface area contributed by atoms with Crippen LogP contribution in [0.5, 0.6) is 0 Å². The number of carbonyl (C=O) groups excluding carboxylic acids is 2. The van der Waals surface area contributed by atoms with Gasteiger partial charge in [0.1, 0.15) is 0 Å². The first kappa shape index (κ1) is 8.94. The molecule has 1 heterocycles. The molecule has 1 saturated heterocycles. The summed E-state index contributed by atoms with van der Waals surface area (Å²) in [6.07, 6.45) is 0.703. The van der Waals surface area contributed by atoms with Crippen molar-refractivity contribution in [2.24, 2.45) is 0 Å². The molecular formula is C11H11NO2. The van der Waals surface area contributed by atoms with Crippen molar-refractivity contribution >= 4 is 11.7 Å². The molecule has 1 atom stereocenters. The predicted molar refractivity (Wildman–Crippen MR) is 51.8 cm³/mol. The normalized spacial score (nSPS) is 21.9. The Bertz CT molecular complexity index is 359. The Morgan fingerprint density at radius 2 is 1.86 bits per heavy atom. The molecule has 0 spiro atoms. The second-order valence-corrected chi connectivity index (χ2v) is 3.37. The lowest BCUT2D eigenvalue weighted by atomic mass is 9.89. The Morgan fingerprint density at radius 3 is 2.57 bits per heavy atom. The molecule has 0 aromatic heterocycles. The largest absolute Gasteiger partial charge is 0.349 e. The van der Waals surface area contributed by atoms with Gasteiger partial charge in [0.25, 0.3) is 5.91 Å². The summed E-state index contributed by atoms with van der Waals surface area (Å²) in [7, 11) is 0. The Balaban J connectivity index is 2.26. The van der Waals surface area contributed by atoms with E-state index in [1.54, 1.807) is 0 Å². The van der Waals surface area contributed by atoms with Gasteiger partial charge >= 0.3 is 0 Å². The molecule has 1 fully saturated rings. The molecular weight excluding hydrogens is 178 g/mol. The molecule has 1 aliphatic rings. The van der Waals surface area contributed by atoms with Crippen LogP contribution in [0.3, 0.4) is 0 Å². The quantitative estimate of drug-likeness (QED) is 0.666. The second-order valence-electron chi connectivity index (χ2n) is 3.37. The Labute approximate surface area is 82.1 Å². The summed E-state index contributed by atoms with van der Waals surface area (Å²) in [4.78, 5) is 22.6. The van der Waals surface area contributed by atoms with Crippen LogP contribution in [-0.2, 0) is 9.59 Å². The maximum Gasteiger partial charge on any atom is 0.288 e. The van der Waals surface area contributed by atoms with Crippen LogP contribution in [0.2, 0.25) is 0 Å². The van der Waals surface area contributed by atoms with Crippen molar-refractivity contribution in [1.82, 2.24) is 5.32 Å². The lowest BCUT2D eigenvalue weighted by molar-refractivity contribution is -0.140. The zero-order chi connectivity index (χ0) is 9.97. The number of nitrogens with one attached hydrogen (secondary N) is 1. The van der Waals surface area contributed by atoms with Gasteiger partial charge < -0.3 is 5.32 Å². The summed E-state index contributed by atoms with van der Waals surface area (Å²) >= 11 is 0. The zero-order valence-electron chi connectivity index (χ0n) is 7.69. The third-order valence-corrected chi connectivity index (χ3v) is 2.46. The Hall–Kier alpha value is -1.64. The van der Waals surface area contributed by atoms with Crippen molar-refractivity contribution in [3.05, 3.63) is 35.9 Å². The van der Waals surface area contributed by atoms with Gasteiger partial charge in [0.15, 0.2) is 0 Å². The summed E-state index contributed by atoms with van der Waals surface area (Å²) in [5, 5.41) is 2.54. The minimum atomic E-state index is -0.454. The number of benzene rings is 1. The molecule has 0 bridgehead atoms. The number of rotatable bonds is 1. The molecule has 2 rings (SSSR count). The molecule has 14 heavy (non-hydrogen) atoms. The van der Waals surface area contributed by atoms with Crippen molar-refractivity contribution in [2.75, 3.05) is 6.54 Å². The lowest BCUT2D eigenvalue weighted by Crippen LogP contribution is -2.41. The van der Waals surface area contributed by atoms with E-state index in [1.165, 1.54) is 0 Å². The summed E-state index contributed by atoms with van der Waals surface area (Å²) in [6, 6.07) is 9.45. The maximum absolute atomic E-state index is 11.5. The molecule has 1 amide bonds. The molecule has 0 aliphatic carbocycles. The summed E-state index contributed by atoms with van der Waals surface area (Å²) in [6.45, 7) is 0.587. The number of hydrogen-bond acceptors (Lipinski definition) is 2. The van der Waals surface area contributed by atoms with Crippen LogP contribution < -0.4 is 5.32 Å². The van der Waals surface area contributed by atoms with Crippen molar-refractivity contribution in [3.8, 4) is 0 Å². The average Bonchev–Trinajstić information content (AvgIpc) is 2.23. The van der Waals surface area contributed by atoms with Crippen molar-refractivity contribution in [3.63, 3.8) is 0 Å². The molecule has 0 radical (unpaired) electrons. The monoisotopic (exact) mass is 189 g/mol. The number of Topliss-reactive ketones (excluding diaryl/α,β-unsaturated/α-hetero) is 1. The second kappa shape index (κ2) is 3.62. The summed E-state index contributed by atoms with van der Waals surface area (Å²) in [5.74, 6) is -1.02. The van der Waals surface area contributed by atoms with E-state index in [0.29, 0.717) is 13.0 Å². The fourth-order valence-electron chi connectivity index (χ4n) is 1.71. The first-order valence-corrected chi connectivity index (χ1v) is 4.66. The van der Waals surface area contributed by atoms with Gasteiger partial charge in [-0.15, -0.1) is 0 Å². The number of ketones is 1. The van der Waals surface area contributed by atoms with Gasteiger partial charge in [-0.1, -0.05) is 30.3 Å². The van der Waals surface area contributed by atoms with Crippen LogP contribution in [0.25, 0.3) is 0 Å². The molecule has 3 nitrogen and oxygen atoms in total. The van der Waals surface area contributed by atoms with E-state index in [2.05, 4.69) is 5.32 Å². The highest BCUT2D eigenvalue weighted by Gasteiger charge is 2.29. The highest BCUT2D eigenvalue weighted by molar-refractivity contribution is 6.38. The van der Waals surface area contributed by atoms with E-state index in [4.69, 9.17) is 0 Å². The number of amides is 1. The molecule has 1 aliphatic heterocycles. The van der Waals surface area contributed by atoms with Crippen LogP contribution >= 0.6 is 0 Å². The van der Waals surface area contributed by atoms with E-state index in [-0.39, 0.29) is 11.7 Å². The van der Waals surface area contributed by atoms with Gasteiger partial charge in [0.05, 0.1) is 5.92 Å². The van der Waals surface area contributed by atoms with Gasteiger partial charge in [-0.2, -0.15) is 0 Å². The van der Waals surface area contributed by atoms with E-state index >= 15 is 0 Å². The van der Waals surface area contributed by atoms with Crippen LogP contribution in [0.4, 0.5) is 0 Å². The highest BCUT2D eigenvalue weighted by Crippen LogP contribution is 2.22. The van der Waals surface area contributed by atoms with Gasteiger partial charge in [0.2, 0.25) is 5.78 Å². The first-order valence-electron chi connectivity index (χ1n) is 4.66. The molecule has 1 N–H and O–H groups in total. The van der Waals surface area contributed by atoms with Crippen molar-refractivity contribution in [2.45, 2.75) is 12.3 Å². The standard InChI is InChI=1S/C11H11NO2/c13-10-9(6-7-12-11(10)14)8-4-2-1-3-5-8/h1-5,9H,6-7H2,(H,12,14). The van der Waals surface area contributed by atoms with Crippen LogP contribution in [-0.4, -0.2) is 18.2 Å². The third-order valence-electron chi connectivity index (χ3n) is 2.46. The topological polar surface area (TPSA) is 46.2 Å². The van der Waals surface area contributed by atoms with Crippen LogP contribution in [0, 0.1) is 0 Å². The zero-order valence-corrected chi connectivity index (χ0v) is 7.69. The molecule has 3 heteroatoms. The predicted octanol–water partition coefficient (Wildman–Crippen LogP) is 0.859. The summed E-state index contributed by atoms with van der Waals surface area (Å²) in [5.41, 5.74) is 0.937. The molecule has 0 saturated carbocycles. The number of piperidine rings is 1. The lowest BCUT2D eigenvalue weighted by Gasteiger charge is -2.20. The van der Waals surface area contributed by atoms with E-state index in [0.717, 1.165) is 5.56 Å². The van der Waals surface area contributed by atoms with Gasteiger partial charge in [-0.05, 0) is 12.0 Å². The molecule has 72 valence electrons. The first-order chi connectivity index (χ1) is 6.79. The molecule has 1 aromatic rings. The Kier molecular flexibility index (Phi) is 2.31. The fourth-order valence-corrected chi connectivity index (χ4v) is 1.71. The Morgan fingerprint density at radius 1 is 1.14 bits per heavy atom. The van der Waals surface area contributed by atoms with Crippen molar-refractivity contribution < 1.29 is 9.59 Å². The SMILES string of the molecule is O=C1NCCC(c2ccccc2)C1=O. The highest BCUT2D eigenvalue weighted by atomic mass is 16.2. The summed E-state index contributed by atoms with van der Waals surface area (Å²) < 4.78 is 0. The van der Waals surface area contributed by atoms with E-state index in [9.17, 15) is 9.59 Å². The van der Waals surface area contributed by atoms with Crippen LogP contribution in [0.15, 0.2) is 30.3 Å². The maximum atomic E-state index is 11.5. The minimum absolute atomic E-state index is 0.245. The molecule has 1 unspecified atom stereocenters. The molecule has 1 aromatic carbocycles. The number of carbonyl (C=O) groups is 2. The number of hydrogen-bond donors (Lipinski definition) is 1. The smallest absolute Gasteiger partial charge is 0.288 e. The van der Waals surface area contributed by atoms with Gasteiger partial charge in [-0.25, -0.2) is 0 Å². The van der Waals surface area contributed by atoms with Crippen LogP contribution in [0.1, 0.15) is 17.9 Å². The van der Waals surface area contributed by atoms with E-state index < -0.39 is 5.91 Å². The van der Waals surface area contributed by atoms with Gasteiger partial charge in [0, 0.05) is 6.54 Å². The third kappa shape index (κ3) is 1.53. The minimum Gasteiger partial charge on any atom is -0.349 e. The van der Waals surface area contributed by atoms with Crippen molar-refractivity contribution in [1.29, 1.82) is 0 Å². The average molecular weight is 189 g/mol. The fraction of sp³-hybridized carbons (Fsp3) is 0.273.